The fourth-order valence-electron chi connectivity index (χ4n) is 5.53. The van der Waals surface area contributed by atoms with E-state index >= 15 is 0 Å². The molecule has 0 spiro atoms. The first-order valence-electron chi connectivity index (χ1n) is 12.0. The number of nitrogens with zero attached hydrogens (tertiary/aromatic N) is 3. The number of likely N-dealkylation sites (tertiary alicyclic amines) is 1. The fraction of sp³-hybridized carbons (Fsp3) is 0.600. The van der Waals surface area contributed by atoms with Crippen LogP contribution in [0.25, 0.3) is 0 Å². The fourth-order valence-corrected chi connectivity index (χ4v) is 5.53. The maximum absolute atomic E-state index is 13.5. The Morgan fingerprint density at radius 1 is 1.19 bits per heavy atom. The second-order valence-corrected chi connectivity index (χ2v) is 9.26. The van der Waals surface area contributed by atoms with Crippen molar-refractivity contribution >= 4 is 17.8 Å². The lowest BCUT2D eigenvalue weighted by molar-refractivity contribution is -0.139. The molecule has 1 aromatic heterocycles. The van der Waals surface area contributed by atoms with E-state index in [1.165, 1.54) is 4.90 Å². The molecule has 172 valence electrons. The summed E-state index contributed by atoms with van der Waals surface area (Å²) in [4.78, 5) is 46.9. The van der Waals surface area contributed by atoms with E-state index in [4.69, 9.17) is 0 Å². The molecule has 2 atom stereocenters. The number of rotatable bonds is 7. The van der Waals surface area contributed by atoms with Crippen LogP contribution in [0.4, 0.5) is 4.79 Å². The number of carbonyl (C=O) groups is 3. The van der Waals surface area contributed by atoms with Gasteiger partial charge in [-0.15, -0.1) is 0 Å². The van der Waals surface area contributed by atoms with Crippen LogP contribution in [0, 0.1) is 11.8 Å². The zero-order chi connectivity index (χ0) is 22.6. The number of urea groups is 1. The van der Waals surface area contributed by atoms with E-state index in [0.717, 1.165) is 44.2 Å². The number of hydrogen-bond donors (Lipinski definition) is 1. The van der Waals surface area contributed by atoms with Crippen molar-refractivity contribution in [1.82, 2.24) is 20.1 Å². The van der Waals surface area contributed by atoms with Crippen LogP contribution in [0.3, 0.4) is 0 Å². The van der Waals surface area contributed by atoms with Gasteiger partial charge in [-0.3, -0.25) is 19.5 Å². The second kappa shape index (κ2) is 9.84. The highest BCUT2D eigenvalue weighted by atomic mass is 16.2. The lowest BCUT2D eigenvalue weighted by Gasteiger charge is -2.41. The molecule has 4 amide bonds. The van der Waals surface area contributed by atoms with Crippen molar-refractivity contribution in [2.24, 2.45) is 11.8 Å². The highest BCUT2D eigenvalue weighted by Gasteiger charge is 2.55. The van der Waals surface area contributed by atoms with Gasteiger partial charge in [0.1, 0.15) is 5.54 Å². The first-order chi connectivity index (χ1) is 15.5. The van der Waals surface area contributed by atoms with Gasteiger partial charge in [-0.2, -0.15) is 0 Å². The van der Waals surface area contributed by atoms with Crippen molar-refractivity contribution in [3.63, 3.8) is 0 Å². The van der Waals surface area contributed by atoms with Gasteiger partial charge >= 0.3 is 6.03 Å². The Hall–Kier alpha value is -2.70. The summed E-state index contributed by atoms with van der Waals surface area (Å²) in [6.45, 7) is 3.70. The van der Waals surface area contributed by atoms with E-state index in [9.17, 15) is 14.4 Å². The Balaban J connectivity index is 1.41. The molecule has 32 heavy (non-hydrogen) atoms. The lowest BCUT2D eigenvalue weighted by atomic mass is 9.74. The molecule has 0 aromatic carbocycles. The predicted octanol–water partition coefficient (Wildman–Crippen LogP) is 3.31. The summed E-state index contributed by atoms with van der Waals surface area (Å²) in [6, 6.07) is 5.37. The summed E-state index contributed by atoms with van der Waals surface area (Å²) in [5.74, 6) is 0.281. The first kappa shape index (κ1) is 22.5. The van der Waals surface area contributed by atoms with Crippen LogP contribution in [0.15, 0.2) is 36.5 Å². The van der Waals surface area contributed by atoms with Gasteiger partial charge in [0.15, 0.2) is 0 Å². The summed E-state index contributed by atoms with van der Waals surface area (Å²) in [5, 5.41) is 3.09. The molecule has 2 saturated heterocycles. The topological polar surface area (TPSA) is 82.6 Å². The van der Waals surface area contributed by atoms with Crippen molar-refractivity contribution in [3.8, 4) is 0 Å². The second-order valence-electron chi connectivity index (χ2n) is 9.26. The van der Waals surface area contributed by atoms with Crippen LogP contribution in [-0.2, 0) is 16.0 Å². The normalized spacial score (nSPS) is 26.5. The lowest BCUT2D eigenvalue weighted by Crippen LogP contribution is -2.57. The molecule has 1 aromatic rings. The van der Waals surface area contributed by atoms with Crippen LogP contribution < -0.4 is 5.32 Å². The number of pyridine rings is 1. The number of imide groups is 1. The molecule has 2 aliphatic heterocycles. The molecule has 1 N–H and O–H groups in total. The van der Waals surface area contributed by atoms with Crippen LogP contribution >= 0.6 is 0 Å². The number of nitrogens with one attached hydrogen (secondary N) is 1. The van der Waals surface area contributed by atoms with Gasteiger partial charge < -0.3 is 10.2 Å². The van der Waals surface area contributed by atoms with Crippen molar-refractivity contribution < 1.29 is 14.4 Å². The van der Waals surface area contributed by atoms with E-state index in [2.05, 4.69) is 22.5 Å². The number of carbonyl (C=O) groups excluding carboxylic acids is 3. The van der Waals surface area contributed by atoms with E-state index in [1.54, 1.807) is 6.20 Å². The van der Waals surface area contributed by atoms with Gasteiger partial charge in [-0.05, 0) is 56.6 Å². The largest absolute Gasteiger partial charge is 0.342 e. The first-order valence-corrected chi connectivity index (χ1v) is 12.0. The molecular formula is C25H34N4O3. The molecule has 0 radical (unpaired) electrons. The Morgan fingerprint density at radius 2 is 2.00 bits per heavy atom. The number of amides is 4. The Morgan fingerprint density at radius 3 is 2.66 bits per heavy atom. The zero-order valence-corrected chi connectivity index (χ0v) is 19.0. The molecule has 0 bridgehead atoms. The Bertz CT molecular complexity index is 863. The number of hydrogen-bond acceptors (Lipinski definition) is 4. The Kier molecular flexibility index (Phi) is 6.92. The van der Waals surface area contributed by atoms with Crippen LogP contribution in [-0.4, -0.2) is 57.8 Å². The quantitative estimate of drug-likeness (QED) is 0.523. The molecule has 2 fully saturated rings. The van der Waals surface area contributed by atoms with Gasteiger partial charge in [-0.25, -0.2) is 4.79 Å². The third-order valence-corrected chi connectivity index (χ3v) is 7.29. The summed E-state index contributed by atoms with van der Waals surface area (Å²) >= 11 is 0. The molecule has 0 saturated carbocycles. The van der Waals surface area contributed by atoms with Gasteiger partial charge in [0, 0.05) is 43.9 Å². The highest BCUT2D eigenvalue weighted by molar-refractivity contribution is 6.07. The van der Waals surface area contributed by atoms with Crippen LogP contribution in [0.5, 0.6) is 0 Å². The van der Waals surface area contributed by atoms with E-state index < -0.39 is 5.54 Å². The summed E-state index contributed by atoms with van der Waals surface area (Å²) in [5.41, 5.74) is 0.0176. The minimum atomic E-state index is -0.849. The third-order valence-electron chi connectivity index (χ3n) is 7.29. The number of piperidine rings is 1. The molecule has 4 rings (SSSR count). The van der Waals surface area contributed by atoms with Crippen molar-refractivity contribution in [2.75, 3.05) is 19.6 Å². The summed E-state index contributed by atoms with van der Waals surface area (Å²) in [7, 11) is 0. The van der Waals surface area contributed by atoms with Gasteiger partial charge in [-0.1, -0.05) is 31.6 Å². The van der Waals surface area contributed by atoms with Crippen LogP contribution in [0.1, 0.15) is 57.6 Å². The standard InChI is InChI=1S/C25H34N4O3/c1-2-14-25(20-11-16-28(17-12-20)22(30)19-8-4-3-5-9-19)23(31)29(24(32)27-25)18-13-21-10-6-7-15-26-21/h3-4,6-7,10,15,19-20H,2,5,8-9,11-14,16-18H2,1H3,(H,27,32). The predicted molar refractivity (Wildman–Crippen MR) is 122 cm³/mol. The van der Waals surface area contributed by atoms with Gasteiger partial charge in [0.2, 0.25) is 5.91 Å². The molecule has 1 aliphatic carbocycles. The highest BCUT2D eigenvalue weighted by Crippen LogP contribution is 2.37. The monoisotopic (exact) mass is 438 g/mol. The minimum Gasteiger partial charge on any atom is -0.342 e. The average Bonchev–Trinajstić information content (AvgIpc) is 3.08. The van der Waals surface area contributed by atoms with E-state index in [-0.39, 0.29) is 29.7 Å². The third kappa shape index (κ3) is 4.43. The molecule has 3 heterocycles. The molecule has 3 aliphatic rings. The molecule has 7 heteroatoms. The zero-order valence-electron chi connectivity index (χ0n) is 19.0. The minimum absolute atomic E-state index is 0.0500. The summed E-state index contributed by atoms with van der Waals surface area (Å²) < 4.78 is 0. The van der Waals surface area contributed by atoms with Gasteiger partial charge in [0.05, 0.1) is 0 Å². The van der Waals surface area contributed by atoms with Crippen LogP contribution in [0.2, 0.25) is 0 Å². The van der Waals surface area contributed by atoms with Crippen molar-refractivity contribution in [3.05, 3.63) is 42.2 Å². The number of allylic oxidation sites excluding steroid dienone is 2. The smallest absolute Gasteiger partial charge is 0.325 e. The van der Waals surface area contributed by atoms with Gasteiger partial charge in [0.25, 0.3) is 5.91 Å². The molecule has 7 nitrogen and oxygen atoms in total. The summed E-state index contributed by atoms with van der Waals surface area (Å²) in [6.07, 6.45) is 12.2. The Labute approximate surface area is 190 Å². The van der Waals surface area contributed by atoms with E-state index in [1.807, 2.05) is 30.0 Å². The maximum atomic E-state index is 13.5. The average molecular weight is 439 g/mol. The molecular weight excluding hydrogens is 404 g/mol. The van der Waals surface area contributed by atoms with Crippen molar-refractivity contribution in [2.45, 2.75) is 63.8 Å². The molecule has 2 unspecified atom stereocenters. The SMILES string of the molecule is CCCC1(C2CCN(C(=O)C3CC=CCC3)CC2)NC(=O)N(CCc2ccccn2)C1=O. The van der Waals surface area contributed by atoms with E-state index in [0.29, 0.717) is 32.5 Å². The number of aromatic nitrogens is 1. The maximum Gasteiger partial charge on any atom is 0.325 e. The van der Waals surface area contributed by atoms with Crippen molar-refractivity contribution in [1.29, 1.82) is 0 Å².